The molecule has 0 saturated carbocycles. The molecule has 2 rings (SSSR count). The molecule has 9 nitrogen and oxygen atoms in total. The molecule has 174 valence electrons. The van der Waals surface area contributed by atoms with E-state index >= 15 is 0 Å². The molecule has 0 bridgehead atoms. The Hall–Kier alpha value is -3.14. The SMILES string of the molecule is CNC(=O)OCCOCCOCCOCCNC(=O)c1ccc(Nc2ccccc2)cc1. The molecule has 0 aromatic heterocycles. The van der Waals surface area contributed by atoms with Crippen LogP contribution in [0.5, 0.6) is 0 Å². The zero-order valence-electron chi connectivity index (χ0n) is 18.3. The minimum Gasteiger partial charge on any atom is -0.447 e. The normalized spacial score (nSPS) is 10.4. The number of ether oxygens (including phenoxy) is 4. The zero-order valence-corrected chi connectivity index (χ0v) is 18.3. The van der Waals surface area contributed by atoms with Crippen molar-refractivity contribution < 1.29 is 28.5 Å². The monoisotopic (exact) mass is 445 g/mol. The molecular weight excluding hydrogens is 414 g/mol. The molecule has 3 N–H and O–H groups in total. The molecule has 2 aromatic rings. The van der Waals surface area contributed by atoms with Gasteiger partial charge in [0, 0.05) is 30.5 Å². The molecule has 0 aliphatic carbocycles. The van der Waals surface area contributed by atoms with E-state index < -0.39 is 6.09 Å². The molecule has 0 spiro atoms. The Kier molecular flexibility index (Phi) is 12.3. The number of alkyl carbamates (subject to hydrolysis) is 1. The lowest BCUT2D eigenvalue weighted by atomic mass is 10.2. The molecule has 0 aliphatic heterocycles. The molecule has 0 aliphatic rings. The Morgan fingerprint density at radius 1 is 0.719 bits per heavy atom. The minimum absolute atomic E-state index is 0.145. The van der Waals surface area contributed by atoms with Crippen LogP contribution in [0.4, 0.5) is 16.2 Å². The number of nitrogens with one attached hydrogen (secondary N) is 3. The molecule has 0 radical (unpaired) electrons. The summed E-state index contributed by atoms with van der Waals surface area (Å²) in [6.45, 7) is 3.02. The summed E-state index contributed by atoms with van der Waals surface area (Å²) in [5.74, 6) is -0.145. The van der Waals surface area contributed by atoms with E-state index in [0.717, 1.165) is 11.4 Å². The van der Waals surface area contributed by atoms with Crippen LogP contribution >= 0.6 is 0 Å². The molecule has 0 atom stereocenters. The Balaban J connectivity index is 1.45. The number of carbonyl (C=O) groups excluding carboxylic acids is 2. The van der Waals surface area contributed by atoms with Crippen molar-refractivity contribution in [2.75, 3.05) is 65.2 Å². The van der Waals surface area contributed by atoms with E-state index in [4.69, 9.17) is 18.9 Å². The number of benzene rings is 2. The van der Waals surface area contributed by atoms with Gasteiger partial charge in [-0.05, 0) is 36.4 Å². The lowest BCUT2D eigenvalue weighted by Gasteiger charge is -2.09. The standard InChI is InChI=1S/C23H31N3O6/c1-24-23(28)32-18-17-31-16-15-30-14-13-29-12-11-25-22(27)19-7-9-21(10-8-19)26-20-5-3-2-4-6-20/h2-10,26H,11-18H2,1H3,(H,24,28)(H,25,27). The third-order valence-corrected chi connectivity index (χ3v) is 4.15. The maximum atomic E-state index is 12.2. The van der Waals surface area contributed by atoms with Gasteiger partial charge in [0.25, 0.3) is 5.91 Å². The molecule has 2 amide bonds. The Morgan fingerprint density at radius 3 is 1.91 bits per heavy atom. The van der Waals surface area contributed by atoms with Gasteiger partial charge >= 0.3 is 6.09 Å². The predicted octanol–water partition coefficient (Wildman–Crippen LogP) is 2.57. The van der Waals surface area contributed by atoms with Gasteiger partial charge in [0.1, 0.15) is 6.61 Å². The summed E-state index contributed by atoms with van der Waals surface area (Å²) in [6.07, 6.45) is -0.479. The summed E-state index contributed by atoms with van der Waals surface area (Å²) in [5, 5.41) is 8.45. The fourth-order valence-electron chi connectivity index (χ4n) is 2.54. The summed E-state index contributed by atoms with van der Waals surface area (Å²) >= 11 is 0. The first-order chi connectivity index (χ1) is 15.7. The highest BCUT2D eigenvalue weighted by atomic mass is 16.6. The number of para-hydroxylation sites is 1. The second-order valence-corrected chi connectivity index (χ2v) is 6.55. The first-order valence-corrected chi connectivity index (χ1v) is 10.5. The van der Waals surface area contributed by atoms with Crippen LogP contribution in [-0.4, -0.2) is 71.8 Å². The molecule has 0 heterocycles. The Labute approximate surface area is 188 Å². The fourth-order valence-corrected chi connectivity index (χ4v) is 2.54. The van der Waals surface area contributed by atoms with Gasteiger partial charge < -0.3 is 34.9 Å². The van der Waals surface area contributed by atoms with Gasteiger partial charge in [-0.3, -0.25) is 4.79 Å². The van der Waals surface area contributed by atoms with Crippen LogP contribution in [0.15, 0.2) is 54.6 Å². The van der Waals surface area contributed by atoms with Gasteiger partial charge in [0.15, 0.2) is 0 Å². The van der Waals surface area contributed by atoms with Crippen molar-refractivity contribution in [1.29, 1.82) is 0 Å². The van der Waals surface area contributed by atoms with Gasteiger partial charge in [-0.2, -0.15) is 0 Å². The van der Waals surface area contributed by atoms with E-state index in [0.29, 0.717) is 51.7 Å². The predicted molar refractivity (Wildman–Crippen MR) is 121 cm³/mol. The molecular formula is C23H31N3O6. The largest absolute Gasteiger partial charge is 0.447 e. The lowest BCUT2D eigenvalue weighted by molar-refractivity contribution is 0.00631. The zero-order chi connectivity index (χ0) is 22.9. The third kappa shape index (κ3) is 10.8. The highest BCUT2D eigenvalue weighted by Gasteiger charge is 2.05. The maximum Gasteiger partial charge on any atom is 0.406 e. The summed E-state index contributed by atoms with van der Waals surface area (Å²) < 4.78 is 20.8. The van der Waals surface area contributed by atoms with E-state index in [2.05, 4.69) is 16.0 Å². The minimum atomic E-state index is -0.479. The highest BCUT2D eigenvalue weighted by molar-refractivity contribution is 5.94. The second kappa shape index (κ2) is 15.6. The Bertz CT molecular complexity index is 786. The molecule has 0 fully saturated rings. The number of rotatable bonds is 15. The average molecular weight is 446 g/mol. The highest BCUT2D eigenvalue weighted by Crippen LogP contribution is 2.16. The summed E-state index contributed by atoms with van der Waals surface area (Å²) in [7, 11) is 1.50. The van der Waals surface area contributed by atoms with Crippen molar-refractivity contribution in [3.8, 4) is 0 Å². The van der Waals surface area contributed by atoms with Crippen LogP contribution in [0.1, 0.15) is 10.4 Å². The number of carbonyl (C=O) groups is 2. The van der Waals surface area contributed by atoms with Gasteiger partial charge in [-0.25, -0.2) is 4.79 Å². The van der Waals surface area contributed by atoms with Gasteiger partial charge in [-0.1, -0.05) is 18.2 Å². The average Bonchev–Trinajstić information content (AvgIpc) is 2.82. The van der Waals surface area contributed by atoms with Crippen molar-refractivity contribution in [3.05, 3.63) is 60.2 Å². The van der Waals surface area contributed by atoms with E-state index in [1.165, 1.54) is 7.05 Å². The van der Waals surface area contributed by atoms with E-state index in [-0.39, 0.29) is 12.5 Å². The van der Waals surface area contributed by atoms with Crippen molar-refractivity contribution in [3.63, 3.8) is 0 Å². The van der Waals surface area contributed by atoms with Gasteiger partial charge in [0.2, 0.25) is 0 Å². The molecule has 2 aromatic carbocycles. The van der Waals surface area contributed by atoms with Crippen molar-refractivity contribution in [2.45, 2.75) is 0 Å². The molecule has 9 heteroatoms. The van der Waals surface area contributed by atoms with Crippen molar-refractivity contribution in [1.82, 2.24) is 10.6 Å². The third-order valence-electron chi connectivity index (χ3n) is 4.15. The second-order valence-electron chi connectivity index (χ2n) is 6.55. The Morgan fingerprint density at radius 2 is 1.28 bits per heavy atom. The van der Waals surface area contributed by atoms with Crippen LogP contribution in [-0.2, 0) is 18.9 Å². The number of hydrogen-bond acceptors (Lipinski definition) is 7. The number of amides is 2. The molecule has 0 unspecified atom stereocenters. The quantitative estimate of drug-likeness (QED) is 0.362. The summed E-state index contributed by atoms with van der Waals surface area (Å²) in [6, 6.07) is 17.1. The molecule has 32 heavy (non-hydrogen) atoms. The van der Waals surface area contributed by atoms with Crippen LogP contribution < -0.4 is 16.0 Å². The topological polar surface area (TPSA) is 107 Å². The number of hydrogen-bond donors (Lipinski definition) is 3. The maximum absolute atomic E-state index is 12.2. The van der Waals surface area contributed by atoms with Crippen LogP contribution in [0, 0.1) is 0 Å². The van der Waals surface area contributed by atoms with Gasteiger partial charge in [-0.15, -0.1) is 0 Å². The van der Waals surface area contributed by atoms with Crippen molar-refractivity contribution >= 4 is 23.4 Å². The van der Waals surface area contributed by atoms with Crippen LogP contribution in [0.25, 0.3) is 0 Å². The first-order valence-electron chi connectivity index (χ1n) is 10.5. The van der Waals surface area contributed by atoms with Crippen LogP contribution in [0.3, 0.4) is 0 Å². The molecule has 0 saturated heterocycles. The number of anilines is 2. The first kappa shape index (κ1) is 25.1. The van der Waals surface area contributed by atoms with E-state index in [1.807, 2.05) is 42.5 Å². The van der Waals surface area contributed by atoms with Crippen molar-refractivity contribution in [2.24, 2.45) is 0 Å². The van der Waals surface area contributed by atoms with Crippen LogP contribution in [0.2, 0.25) is 0 Å². The fraction of sp³-hybridized carbons (Fsp3) is 0.391. The lowest BCUT2D eigenvalue weighted by Crippen LogP contribution is -2.27. The summed E-state index contributed by atoms with van der Waals surface area (Å²) in [4.78, 5) is 23.0. The van der Waals surface area contributed by atoms with E-state index in [9.17, 15) is 9.59 Å². The van der Waals surface area contributed by atoms with E-state index in [1.54, 1.807) is 12.1 Å². The summed E-state index contributed by atoms with van der Waals surface area (Å²) in [5.41, 5.74) is 2.50. The van der Waals surface area contributed by atoms with Gasteiger partial charge in [0.05, 0.1) is 39.6 Å². The smallest absolute Gasteiger partial charge is 0.406 e.